The van der Waals surface area contributed by atoms with Crippen LogP contribution in [0.2, 0.25) is 0 Å². The Hall–Kier alpha value is -1.91. The monoisotopic (exact) mass is 194 g/mol. The topological polar surface area (TPSA) is 72.2 Å². The van der Waals surface area contributed by atoms with Gasteiger partial charge in [0, 0.05) is 10.6 Å². The molecule has 0 saturated carbocycles. The molecule has 5 heteroatoms. The van der Waals surface area contributed by atoms with E-state index in [0.717, 1.165) is 5.56 Å². The van der Waals surface area contributed by atoms with Gasteiger partial charge in [0.2, 0.25) is 0 Å². The van der Waals surface area contributed by atoms with E-state index in [9.17, 15) is 14.9 Å². The zero-order valence-corrected chi connectivity index (χ0v) is 7.69. The van der Waals surface area contributed by atoms with Gasteiger partial charge in [-0.25, -0.2) is 0 Å². The summed E-state index contributed by atoms with van der Waals surface area (Å²) in [7, 11) is 0. The molecule has 0 aliphatic carbocycles. The van der Waals surface area contributed by atoms with E-state index in [2.05, 4.69) is 5.32 Å². The quantitative estimate of drug-likeness (QED) is 0.580. The fraction of sp³-hybridized carbons (Fsp3) is 0.222. The molecule has 0 spiro atoms. The first-order valence-corrected chi connectivity index (χ1v) is 4.07. The minimum atomic E-state index is -0.700. The van der Waals surface area contributed by atoms with Crippen LogP contribution in [0.3, 0.4) is 0 Å². The molecule has 0 unspecified atom stereocenters. The average Bonchev–Trinajstić information content (AvgIpc) is 2.07. The van der Waals surface area contributed by atoms with Crippen LogP contribution in [0.15, 0.2) is 24.3 Å². The van der Waals surface area contributed by atoms with Gasteiger partial charge in [0.25, 0.3) is 12.5 Å². The summed E-state index contributed by atoms with van der Waals surface area (Å²) in [5, 5.41) is 12.5. The summed E-state index contributed by atoms with van der Waals surface area (Å²) in [6, 6.07) is 7.11. The Labute approximate surface area is 80.9 Å². The van der Waals surface area contributed by atoms with E-state index in [-0.39, 0.29) is 0 Å². The smallest absolute Gasteiger partial charge is 0.296 e. The molecular weight excluding hydrogens is 184 g/mol. The second-order valence-electron chi connectivity index (χ2n) is 2.85. The van der Waals surface area contributed by atoms with Crippen LogP contribution >= 0.6 is 0 Å². The van der Waals surface area contributed by atoms with Crippen LogP contribution in [-0.2, 0) is 4.79 Å². The van der Waals surface area contributed by atoms with Crippen LogP contribution in [0.4, 0.5) is 5.69 Å². The van der Waals surface area contributed by atoms with E-state index in [0.29, 0.717) is 5.69 Å². The zero-order valence-electron chi connectivity index (χ0n) is 7.69. The van der Waals surface area contributed by atoms with Gasteiger partial charge in [-0.05, 0) is 18.6 Å². The molecule has 0 saturated heterocycles. The molecular formula is C9H10N2O3. The lowest BCUT2D eigenvalue weighted by molar-refractivity contribution is -0.467. The minimum absolute atomic E-state index is 0.607. The SMILES string of the molecule is Cc1ccccc1NC(=O)C[N+](=O)[O-]. The van der Waals surface area contributed by atoms with Crippen molar-refractivity contribution in [3.8, 4) is 0 Å². The van der Waals surface area contributed by atoms with Crippen molar-refractivity contribution in [3.05, 3.63) is 39.9 Å². The first-order valence-electron chi connectivity index (χ1n) is 4.07. The molecule has 0 bridgehead atoms. The largest absolute Gasteiger partial charge is 0.320 e. The lowest BCUT2D eigenvalue weighted by Gasteiger charge is -2.04. The maximum absolute atomic E-state index is 11.0. The molecule has 1 rings (SSSR count). The number of anilines is 1. The van der Waals surface area contributed by atoms with Crippen molar-refractivity contribution >= 4 is 11.6 Å². The van der Waals surface area contributed by atoms with Gasteiger partial charge in [-0.1, -0.05) is 18.2 Å². The van der Waals surface area contributed by atoms with Crippen molar-refractivity contribution in [2.24, 2.45) is 0 Å². The highest BCUT2D eigenvalue weighted by atomic mass is 16.6. The van der Waals surface area contributed by atoms with E-state index in [1.165, 1.54) is 0 Å². The molecule has 14 heavy (non-hydrogen) atoms. The van der Waals surface area contributed by atoms with Crippen LogP contribution in [0, 0.1) is 17.0 Å². The number of nitrogens with one attached hydrogen (secondary N) is 1. The Balaban J connectivity index is 2.65. The average molecular weight is 194 g/mol. The summed E-state index contributed by atoms with van der Waals surface area (Å²) in [6.45, 7) is 1.12. The Morgan fingerprint density at radius 1 is 1.50 bits per heavy atom. The van der Waals surface area contributed by atoms with E-state index < -0.39 is 17.4 Å². The van der Waals surface area contributed by atoms with Crippen molar-refractivity contribution in [1.82, 2.24) is 0 Å². The molecule has 0 fully saturated rings. The molecule has 0 aromatic heterocycles. The lowest BCUT2D eigenvalue weighted by atomic mass is 10.2. The number of benzene rings is 1. The molecule has 1 N–H and O–H groups in total. The Morgan fingerprint density at radius 3 is 2.71 bits per heavy atom. The number of rotatable bonds is 3. The lowest BCUT2D eigenvalue weighted by Crippen LogP contribution is -2.21. The van der Waals surface area contributed by atoms with Crippen molar-refractivity contribution in [3.63, 3.8) is 0 Å². The van der Waals surface area contributed by atoms with Crippen molar-refractivity contribution in [1.29, 1.82) is 0 Å². The first-order chi connectivity index (χ1) is 6.59. The summed E-state index contributed by atoms with van der Waals surface area (Å²) in [6.07, 6.45) is 0. The van der Waals surface area contributed by atoms with Gasteiger partial charge in [0.15, 0.2) is 0 Å². The number of carbonyl (C=O) groups excluding carboxylic acids is 1. The summed E-state index contributed by atoms with van der Waals surface area (Å²) in [4.78, 5) is 20.4. The summed E-state index contributed by atoms with van der Waals surface area (Å²) in [5.41, 5.74) is 1.49. The third-order valence-corrected chi connectivity index (χ3v) is 1.69. The molecule has 1 aromatic rings. The van der Waals surface area contributed by atoms with Gasteiger partial charge < -0.3 is 5.32 Å². The van der Waals surface area contributed by atoms with Crippen LogP contribution in [-0.4, -0.2) is 17.4 Å². The van der Waals surface area contributed by atoms with Crippen LogP contribution in [0.5, 0.6) is 0 Å². The van der Waals surface area contributed by atoms with E-state index in [1.807, 2.05) is 19.1 Å². The Morgan fingerprint density at radius 2 is 2.14 bits per heavy atom. The van der Waals surface area contributed by atoms with E-state index in [1.54, 1.807) is 12.1 Å². The fourth-order valence-electron chi connectivity index (χ4n) is 1.02. The number of nitrogens with zero attached hydrogens (tertiary/aromatic N) is 1. The van der Waals surface area contributed by atoms with Gasteiger partial charge in [0.1, 0.15) is 0 Å². The normalized spacial score (nSPS) is 9.50. The molecule has 1 aromatic carbocycles. The first kappa shape index (κ1) is 10.2. The van der Waals surface area contributed by atoms with Gasteiger partial charge in [0.05, 0.1) is 0 Å². The number of carbonyl (C=O) groups is 1. The van der Waals surface area contributed by atoms with Crippen LogP contribution in [0.1, 0.15) is 5.56 Å². The second kappa shape index (κ2) is 4.36. The fourth-order valence-corrected chi connectivity index (χ4v) is 1.02. The number of hydrogen-bond donors (Lipinski definition) is 1. The van der Waals surface area contributed by atoms with Gasteiger partial charge in [-0.2, -0.15) is 0 Å². The van der Waals surface area contributed by atoms with Crippen LogP contribution < -0.4 is 5.32 Å². The maximum Gasteiger partial charge on any atom is 0.296 e. The van der Waals surface area contributed by atoms with E-state index >= 15 is 0 Å². The molecule has 0 radical (unpaired) electrons. The number of aryl methyl sites for hydroxylation is 1. The summed E-state index contributed by atoms with van der Waals surface area (Å²) in [5.74, 6) is -0.607. The minimum Gasteiger partial charge on any atom is -0.320 e. The van der Waals surface area contributed by atoms with Crippen molar-refractivity contribution in [2.45, 2.75) is 6.92 Å². The van der Waals surface area contributed by atoms with Crippen molar-refractivity contribution < 1.29 is 9.72 Å². The third-order valence-electron chi connectivity index (χ3n) is 1.69. The predicted octanol–water partition coefficient (Wildman–Crippen LogP) is 1.21. The highest BCUT2D eigenvalue weighted by Gasteiger charge is 2.09. The van der Waals surface area contributed by atoms with Crippen LogP contribution in [0.25, 0.3) is 0 Å². The Kier molecular flexibility index (Phi) is 3.17. The molecule has 0 aliphatic rings. The highest BCUT2D eigenvalue weighted by Crippen LogP contribution is 2.12. The van der Waals surface area contributed by atoms with E-state index in [4.69, 9.17) is 0 Å². The molecule has 1 amide bonds. The number of nitro groups is 1. The predicted molar refractivity (Wildman–Crippen MR) is 51.7 cm³/mol. The number of amides is 1. The second-order valence-corrected chi connectivity index (χ2v) is 2.85. The number of hydrogen-bond acceptors (Lipinski definition) is 3. The maximum atomic E-state index is 11.0. The van der Waals surface area contributed by atoms with Gasteiger partial charge >= 0.3 is 0 Å². The van der Waals surface area contributed by atoms with Gasteiger partial charge in [-0.3, -0.25) is 14.9 Å². The molecule has 0 heterocycles. The molecule has 74 valence electrons. The summed E-state index contributed by atoms with van der Waals surface area (Å²) < 4.78 is 0. The Bertz CT molecular complexity index is 363. The molecule has 0 atom stereocenters. The third kappa shape index (κ3) is 2.85. The van der Waals surface area contributed by atoms with Gasteiger partial charge in [-0.15, -0.1) is 0 Å². The molecule has 5 nitrogen and oxygen atoms in total. The highest BCUT2D eigenvalue weighted by molar-refractivity contribution is 5.92. The standard InChI is InChI=1S/C9H10N2O3/c1-7-4-2-3-5-8(7)10-9(12)6-11(13)14/h2-5H,6H2,1H3,(H,10,12). The molecule has 0 aliphatic heterocycles. The summed E-state index contributed by atoms with van der Waals surface area (Å²) >= 11 is 0. The zero-order chi connectivity index (χ0) is 10.6. The van der Waals surface area contributed by atoms with Crippen molar-refractivity contribution in [2.75, 3.05) is 11.9 Å². The number of para-hydroxylation sites is 1.